The third-order valence-electron chi connectivity index (χ3n) is 4.95. The fraction of sp³-hybridized carbons (Fsp3) is 0.368. The molecule has 5 heteroatoms. The number of halogens is 2. The highest BCUT2D eigenvalue weighted by Crippen LogP contribution is 2.32. The third-order valence-corrected chi connectivity index (χ3v) is 5.45. The zero-order chi connectivity index (χ0) is 15.9. The molecule has 3 nitrogen and oxygen atoms in total. The standard InChI is InChI=1S/C19H21BrNO2.BrH/c1-21(8-2-3-9-21)10-11-22-15-5-7-17-16-6-4-14(20)12-18(16)23-19(17)13-15;/h4-7,12-13H,2-3,8-11H2,1H3;1H/q+1;/p-1. The normalized spacial score (nSPS) is 16.4. The van der Waals surface area contributed by atoms with Crippen molar-refractivity contribution in [1.29, 1.82) is 0 Å². The number of furan rings is 1. The van der Waals surface area contributed by atoms with Crippen LogP contribution in [0.15, 0.2) is 45.3 Å². The Bertz CT molecular complexity index is 853. The van der Waals surface area contributed by atoms with E-state index in [1.54, 1.807) is 0 Å². The second-order valence-electron chi connectivity index (χ2n) is 6.75. The molecule has 2 aromatic carbocycles. The van der Waals surface area contributed by atoms with E-state index >= 15 is 0 Å². The summed E-state index contributed by atoms with van der Waals surface area (Å²) in [4.78, 5) is 0. The number of hydrogen-bond acceptors (Lipinski definition) is 2. The minimum Gasteiger partial charge on any atom is -1.00 e. The van der Waals surface area contributed by atoms with E-state index in [4.69, 9.17) is 9.15 Å². The van der Waals surface area contributed by atoms with Gasteiger partial charge in [-0.25, -0.2) is 0 Å². The summed E-state index contributed by atoms with van der Waals surface area (Å²) in [7, 11) is 2.33. The van der Waals surface area contributed by atoms with Crippen LogP contribution in [0.4, 0.5) is 0 Å². The summed E-state index contributed by atoms with van der Waals surface area (Å²) in [6.45, 7) is 4.39. The number of likely N-dealkylation sites (N-methyl/N-ethyl adjacent to an activating group) is 1. The monoisotopic (exact) mass is 453 g/mol. The molecule has 3 aromatic rings. The maximum atomic E-state index is 5.98. The van der Waals surface area contributed by atoms with Crippen LogP contribution in [-0.4, -0.2) is 37.8 Å². The van der Waals surface area contributed by atoms with E-state index in [0.717, 1.165) is 49.8 Å². The number of fused-ring (bicyclic) bond motifs is 3. The van der Waals surface area contributed by atoms with Crippen LogP contribution >= 0.6 is 15.9 Å². The second kappa shape index (κ2) is 7.06. The molecule has 0 spiro atoms. The lowest BCUT2D eigenvalue weighted by atomic mass is 10.1. The van der Waals surface area contributed by atoms with Crippen LogP contribution in [0, 0.1) is 0 Å². The van der Waals surface area contributed by atoms with E-state index in [9.17, 15) is 0 Å². The van der Waals surface area contributed by atoms with Crippen LogP contribution in [0.25, 0.3) is 21.9 Å². The predicted molar refractivity (Wildman–Crippen MR) is 96.9 cm³/mol. The van der Waals surface area contributed by atoms with Crippen LogP contribution in [0.1, 0.15) is 12.8 Å². The molecule has 1 aliphatic rings. The van der Waals surface area contributed by atoms with Crippen molar-refractivity contribution in [3.63, 3.8) is 0 Å². The lowest BCUT2D eigenvalue weighted by molar-refractivity contribution is -0.897. The molecular weight excluding hydrogens is 434 g/mol. The summed E-state index contributed by atoms with van der Waals surface area (Å²) >= 11 is 3.49. The molecule has 0 bridgehead atoms. The van der Waals surface area contributed by atoms with Gasteiger partial charge in [0.15, 0.2) is 0 Å². The van der Waals surface area contributed by atoms with Gasteiger partial charge < -0.3 is 30.6 Å². The molecule has 24 heavy (non-hydrogen) atoms. The van der Waals surface area contributed by atoms with Gasteiger partial charge in [-0.3, -0.25) is 0 Å². The Morgan fingerprint density at radius 3 is 2.46 bits per heavy atom. The van der Waals surface area contributed by atoms with Crippen LogP contribution in [0.2, 0.25) is 0 Å². The number of rotatable bonds is 4. The number of nitrogens with zero attached hydrogens (tertiary/aromatic N) is 1. The first-order valence-corrected chi connectivity index (χ1v) is 9.00. The van der Waals surface area contributed by atoms with Crippen LogP contribution < -0.4 is 21.7 Å². The molecule has 0 atom stereocenters. The molecular formula is C19H21Br2NO2. The summed E-state index contributed by atoms with van der Waals surface area (Å²) in [6.07, 6.45) is 2.69. The Morgan fingerprint density at radius 1 is 1.04 bits per heavy atom. The van der Waals surface area contributed by atoms with Gasteiger partial charge in [0.2, 0.25) is 0 Å². The van der Waals surface area contributed by atoms with Crippen molar-refractivity contribution >= 4 is 37.9 Å². The van der Waals surface area contributed by atoms with Crippen molar-refractivity contribution < 1.29 is 30.6 Å². The van der Waals surface area contributed by atoms with Gasteiger partial charge in [-0.05, 0) is 30.3 Å². The molecule has 0 aliphatic carbocycles. The van der Waals surface area contributed by atoms with Gasteiger partial charge in [0.25, 0.3) is 0 Å². The van der Waals surface area contributed by atoms with Gasteiger partial charge in [0, 0.05) is 34.2 Å². The molecule has 1 aliphatic heterocycles. The molecule has 128 valence electrons. The van der Waals surface area contributed by atoms with Crippen LogP contribution in [0.3, 0.4) is 0 Å². The van der Waals surface area contributed by atoms with E-state index in [-0.39, 0.29) is 17.0 Å². The van der Waals surface area contributed by atoms with Gasteiger partial charge in [0.05, 0.1) is 20.1 Å². The number of hydrogen-bond donors (Lipinski definition) is 0. The average Bonchev–Trinajstić information content (AvgIpc) is 3.10. The molecule has 0 saturated carbocycles. The average molecular weight is 455 g/mol. The van der Waals surface area contributed by atoms with E-state index < -0.39 is 0 Å². The molecule has 1 aromatic heterocycles. The van der Waals surface area contributed by atoms with Crippen molar-refractivity contribution in [1.82, 2.24) is 0 Å². The van der Waals surface area contributed by atoms with E-state index in [0.29, 0.717) is 0 Å². The minimum atomic E-state index is 0. The minimum absolute atomic E-state index is 0. The fourth-order valence-electron chi connectivity index (χ4n) is 3.53. The Balaban J connectivity index is 0.00000169. The number of ether oxygens (including phenoxy) is 1. The Morgan fingerprint density at radius 2 is 1.71 bits per heavy atom. The molecule has 1 saturated heterocycles. The van der Waals surface area contributed by atoms with Crippen molar-refractivity contribution in [2.75, 3.05) is 33.3 Å². The first-order valence-electron chi connectivity index (χ1n) is 8.21. The summed E-state index contributed by atoms with van der Waals surface area (Å²) in [6, 6.07) is 12.3. The van der Waals surface area contributed by atoms with Crippen molar-refractivity contribution in [3.05, 3.63) is 40.9 Å². The lowest BCUT2D eigenvalue weighted by Crippen LogP contribution is -3.00. The molecule has 4 rings (SSSR count). The van der Waals surface area contributed by atoms with Gasteiger partial charge in [-0.15, -0.1) is 0 Å². The smallest absolute Gasteiger partial charge is 0.139 e. The molecule has 0 unspecified atom stereocenters. The molecule has 2 heterocycles. The topological polar surface area (TPSA) is 22.4 Å². The zero-order valence-electron chi connectivity index (χ0n) is 13.7. The highest BCUT2D eigenvalue weighted by atomic mass is 79.9. The molecule has 0 radical (unpaired) electrons. The zero-order valence-corrected chi connectivity index (χ0v) is 16.9. The third kappa shape index (κ3) is 3.48. The van der Waals surface area contributed by atoms with Gasteiger partial charge in [0.1, 0.15) is 30.1 Å². The Hall–Kier alpha value is -1.04. The molecule has 1 fully saturated rings. The van der Waals surface area contributed by atoms with Gasteiger partial charge in [-0.1, -0.05) is 15.9 Å². The summed E-state index contributed by atoms with van der Waals surface area (Å²) in [5.74, 6) is 0.890. The predicted octanol–water partition coefficient (Wildman–Crippen LogP) is 1.97. The van der Waals surface area contributed by atoms with Crippen LogP contribution in [-0.2, 0) is 0 Å². The SMILES string of the molecule is C[N+]1(CCOc2ccc3c(c2)oc2cc(Br)ccc23)CCCC1.[Br-]. The molecule has 0 amide bonds. The Labute approximate surface area is 161 Å². The van der Waals surface area contributed by atoms with Gasteiger partial charge >= 0.3 is 0 Å². The Kier molecular flexibility index (Phi) is 5.23. The first kappa shape index (κ1) is 17.8. The maximum Gasteiger partial charge on any atom is 0.139 e. The number of benzene rings is 2. The van der Waals surface area contributed by atoms with E-state index in [2.05, 4.69) is 35.1 Å². The summed E-state index contributed by atoms with van der Waals surface area (Å²) < 4.78 is 14.1. The summed E-state index contributed by atoms with van der Waals surface area (Å²) in [5.41, 5.74) is 1.79. The highest BCUT2D eigenvalue weighted by Gasteiger charge is 2.26. The summed E-state index contributed by atoms with van der Waals surface area (Å²) in [5, 5.41) is 2.28. The van der Waals surface area contributed by atoms with Crippen molar-refractivity contribution in [3.8, 4) is 5.75 Å². The van der Waals surface area contributed by atoms with Gasteiger partial charge in [-0.2, -0.15) is 0 Å². The first-order chi connectivity index (χ1) is 11.1. The fourth-order valence-corrected chi connectivity index (χ4v) is 3.87. The quantitative estimate of drug-likeness (QED) is 0.562. The van der Waals surface area contributed by atoms with Crippen molar-refractivity contribution in [2.45, 2.75) is 12.8 Å². The molecule has 0 N–H and O–H groups in total. The van der Waals surface area contributed by atoms with Crippen LogP contribution in [0.5, 0.6) is 5.75 Å². The number of likely N-dealkylation sites (tertiary alicyclic amines) is 1. The second-order valence-corrected chi connectivity index (χ2v) is 7.66. The van der Waals surface area contributed by atoms with E-state index in [1.165, 1.54) is 25.9 Å². The van der Waals surface area contributed by atoms with E-state index in [1.807, 2.05) is 24.3 Å². The lowest BCUT2D eigenvalue weighted by Gasteiger charge is -2.28. The number of quaternary nitrogens is 1. The van der Waals surface area contributed by atoms with Crippen molar-refractivity contribution in [2.24, 2.45) is 0 Å². The largest absolute Gasteiger partial charge is 1.00 e. The highest BCUT2D eigenvalue weighted by molar-refractivity contribution is 9.10. The maximum absolute atomic E-state index is 5.98.